The summed E-state index contributed by atoms with van der Waals surface area (Å²) in [5.74, 6) is 1.03. The van der Waals surface area contributed by atoms with E-state index in [1.165, 1.54) is 17.0 Å². The van der Waals surface area contributed by atoms with Crippen LogP contribution in [0.25, 0.3) is 0 Å². The highest BCUT2D eigenvalue weighted by Gasteiger charge is 2.13. The van der Waals surface area contributed by atoms with Crippen molar-refractivity contribution in [3.8, 4) is 0 Å². The lowest BCUT2D eigenvalue weighted by atomic mass is 10.1. The molecule has 0 fully saturated rings. The van der Waals surface area contributed by atoms with Gasteiger partial charge >= 0.3 is 0 Å². The van der Waals surface area contributed by atoms with Crippen LogP contribution in [0.3, 0.4) is 0 Å². The number of aromatic amines is 1. The van der Waals surface area contributed by atoms with Gasteiger partial charge in [0, 0.05) is 31.0 Å². The van der Waals surface area contributed by atoms with E-state index in [0.717, 1.165) is 36.8 Å². The van der Waals surface area contributed by atoms with Gasteiger partial charge < -0.3 is 10.3 Å². The summed E-state index contributed by atoms with van der Waals surface area (Å²) in [4.78, 5) is 8.02. The lowest BCUT2D eigenvalue weighted by Gasteiger charge is -2.09. The van der Waals surface area contributed by atoms with Gasteiger partial charge in [-0.2, -0.15) is 0 Å². The number of nitrogens with one attached hydrogen (secondary N) is 2. The first-order chi connectivity index (χ1) is 8.31. The number of benzene rings is 1. The zero-order valence-electron chi connectivity index (χ0n) is 9.46. The van der Waals surface area contributed by atoms with Crippen LogP contribution in [0.5, 0.6) is 0 Å². The number of halogens is 1. The molecule has 3 nitrogen and oxygen atoms in total. The largest absolute Gasteiger partial charge is 0.344 e. The number of hydrogen-bond donors (Lipinski definition) is 2. The van der Waals surface area contributed by atoms with Crippen LogP contribution in [-0.4, -0.2) is 16.5 Å². The number of imidazole rings is 1. The number of rotatable bonds is 2. The molecule has 0 saturated heterocycles. The summed E-state index contributed by atoms with van der Waals surface area (Å²) in [6.45, 7) is 1.92. The molecule has 1 aliphatic heterocycles. The second kappa shape index (κ2) is 4.51. The summed E-state index contributed by atoms with van der Waals surface area (Å²) in [5.41, 5.74) is 3.63. The normalized spacial score (nSPS) is 14.6. The standard InChI is InChI=1S/C13H14ClN3/c14-10-3-1-2-9(6-10)7-13-16-11-4-5-15-8-12(11)17-13/h1-3,6,15H,4-5,7-8H2,(H,16,17). The molecule has 0 aliphatic carbocycles. The monoisotopic (exact) mass is 247 g/mol. The lowest BCUT2D eigenvalue weighted by molar-refractivity contribution is 0.627. The maximum Gasteiger partial charge on any atom is 0.111 e. The number of aromatic nitrogens is 2. The predicted molar refractivity (Wildman–Crippen MR) is 68.3 cm³/mol. The van der Waals surface area contributed by atoms with Gasteiger partial charge in [-0.1, -0.05) is 23.7 Å². The van der Waals surface area contributed by atoms with Gasteiger partial charge in [0.25, 0.3) is 0 Å². The quantitative estimate of drug-likeness (QED) is 0.855. The minimum atomic E-state index is 0.778. The van der Waals surface area contributed by atoms with Crippen LogP contribution in [0.15, 0.2) is 24.3 Å². The van der Waals surface area contributed by atoms with Gasteiger partial charge in [0.1, 0.15) is 5.82 Å². The highest BCUT2D eigenvalue weighted by atomic mass is 35.5. The third-order valence-corrected chi connectivity index (χ3v) is 3.25. The molecule has 2 N–H and O–H groups in total. The maximum absolute atomic E-state index is 5.97. The van der Waals surface area contributed by atoms with E-state index in [0.29, 0.717) is 0 Å². The summed E-state index contributed by atoms with van der Waals surface area (Å²) in [6, 6.07) is 7.93. The van der Waals surface area contributed by atoms with Gasteiger partial charge in [-0.15, -0.1) is 0 Å². The summed E-state index contributed by atoms with van der Waals surface area (Å²) < 4.78 is 0. The zero-order chi connectivity index (χ0) is 11.7. The van der Waals surface area contributed by atoms with E-state index in [1.807, 2.05) is 18.2 Å². The molecule has 0 saturated carbocycles. The van der Waals surface area contributed by atoms with Crippen LogP contribution in [0, 0.1) is 0 Å². The molecule has 0 unspecified atom stereocenters. The Morgan fingerprint density at radius 2 is 2.29 bits per heavy atom. The third kappa shape index (κ3) is 2.35. The van der Waals surface area contributed by atoms with E-state index in [-0.39, 0.29) is 0 Å². The van der Waals surface area contributed by atoms with Gasteiger partial charge in [-0.25, -0.2) is 4.98 Å². The maximum atomic E-state index is 5.97. The average molecular weight is 248 g/mol. The minimum Gasteiger partial charge on any atom is -0.344 e. The van der Waals surface area contributed by atoms with Crippen LogP contribution < -0.4 is 5.32 Å². The van der Waals surface area contributed by atoms with Crippen molar-refractivity contribution in [1.29, 1.82) is 0 Å². The fourth-order valence-electron chi connectivity index (χ4n) is 2.20. The van der Waals surface area contributed by atoms with Gasteiger partial charge in [0.05, 0.1) is 11.4 Å². The molecule has 4 heteroatoms. The van der Waals surface area contributed by atoms with E-state index in [9.17, 15) is 0 Å². The number of hydrogen-bond acceptors (Lipinski definition) is 2. The second-order valence-corrected chi connectivity index (χ2v) is 4.78. The molecule has 2 aromatic rings. The first-order valence-corrected chi connectivity index (χ1v) is 6.21. The van der Waals surface area contributed by atoms with Crippen LogP contribution >= 0.6 is 11.6 Å². The fourth-order valence-corrected chi connectivity index (χ4v) is 2.41. The van der Waals surface area contributed by atoms with Crippen molar-refractivity contribution in [3.05, 3.63) is 52.1 Å². The molecule has 1 aliphatic rings. The van der Waals surface area contributed by atoms with Crippen LogP contribution in [0.1, 0.15) is 22.8 Å². The van der Waals surface area contributed by atoms with Gasteiger partial charge in [-0.05, 0) is 17.7 Å². The predicted octanol–water partition coefficient (Wildman–Crippen LogP) is 2.30. The Balaban J connectivity index is 1.83. The lowest BCUT2D eigenvalue weighted by Crippen LogP contribution is -2.23. The molecule has 88 valence electrons. The Bertz CT molecular complexity index is 510. The highest BCUT2D eigenvalue weighted by molar-refractivity contribution is 6.30. The Morgan fingerprint density at radius 1 is 1.35 bits per heavy atom. The molecule has 17 heavy (non-hydrogen) atoms. The van der Waals surface area contributed by atoms with Crippen molar-refractivity contribution in [1.82, 2.24) is 15.3 Å². The first kappa shape index (κ1) is 10.8. The third-order valence-electron chi connectivity index (χ3n) is 3.01. The summed E-state index contributed by atoms with van der Waals surface area (Å²) in [6.07, 6.45) is 1.83. The zero-order valence-corrected chi connectivity index (χ0v) is 10.2. The van der Waals surface area contributed by atoms with Crippen molar-refractivity contribution in [2.24, 2.45) is 0 Å². The average Bonchev–Trinajstić information content (AvgIpc) is 2.71. The van der Waals surface area contributed by atoms with E-state index < -0.39 is 0 Å². The summed E-state index contributed by atoms with van der Waals surface area (Å²) in [5, 5.41) is 4.11. The van der Waals surface area contributed by atoms with E-state index in [4.69, 9.17) is 11.6 Å². The van der Waals surface area contributed by atoms with Crippen molar-refractivity contribution < 1.29 is 0 Å². The summed E-state index contributed by atoms with van der Waals surface area (Å²) in [7, 11) is 0. The van der Waals surface area contributed by atoms with Crippen LogP contribution in [0.4, 0.5) is 0 Å². The van der Waals surface area contributed by atoms with E-state index in [1.54, 1.807) is 0 Å². The Morgan fingerprint density at radius 3 is 3.12 bits per heavy atom. The van der Waals surface area contributed by atoms with Crippen molar-refractivity contribution in [2.45, 2.75) is 19.4 Å². The molecular weight excluding hydrogens is 234 g/mol. The van der Waals surface area contributed by atoms with Crippen molar-refractivity contribution in [3.63, 3.8) is 0 Å². The number of H-pyrrole nitrogens is 1. The molecule has 1 aromatic carbocycles. The first-order valence-electron chi connectivity index (χ1n) is 5.83. The SMILES string of the molecule is Clc1cccc(Cc2nc3c([nH]2)CNCC3)c1. The molecule has 0 bridgehead atoms. The van der Waals surface area contributed by atoms with E-state index >= 15 is 0 Å². The Kier molecular flexibility index (Phi) is 2.87. The molecule has 0 radical (unpaired) electrons. The second-order valence-electron chi connectivity index (χ2n) is 4.34. The Labute approximate surface area is 105 Å². The smallest absolute Gasteiger partial charge is 0.111 e. The molecular formula is C13H14ClN3. The fraction of sp³-hybridized carbons (Fsp3) is 0.308. The molecule has 2 heterocycles. The van der Waals surface area contributed by atoms with E-state index in [2.05, 4.69) is 21.4 Å². The topological polar surface area (TPSA) is 40.7 Å². The number of fused-ring (bicyclic) bond motifs is 1. The van der Waals surface area contributed by atoms with Gasteiger partial charge in [0.2, 0.25) is 0 Å². The molecule has 0 spiro atoms. The van der Waals surface area contributed by atoms with Crippen molar-refractivity contribution >= 4 is 11.6 Å². The van der Waals surface area contributed by atoms with Crippen LogP contribution in [0.2, 0.25) is 5.02 Å². The molecule has 0 atom stereocenters. The molecule has 0 amide bonds. The molecule has 3 rings (SSSR count). The minimum absolute atomic E-state index is 0.778. The highest BCUT2D eigenvalue weighted by Crippen LogP contribution is 2.16. The van der Waals surface area contributed by atoms with Crippen LogP contribution in [-0.2, 0) is 19.4 Å². The number of nitrogens with zero attached hydrogens (tertiary/aromatic N) is 1. The van der Waals surface area contributed by atoms with Crippen molar-refractivity contribution in [2.75, 3.05) is 6.54 Å². The Hall–Kier alpha value is -1.32. The van der Waals surface area contributed by atoms with Gasteiger partial charge in [0.15, 0.2) is 0 Å². The summed E-state index contributed by atoms with van der Waals surface area (Å²) >= 11 is 5.97. The van der Waals surface area contributed by atoms with Gasteiger partial charge in [-0.3, -0.25) is 0 Å². The molecule has 1 aromatic heterocycles.